The van der Waals surface area contributed by atoms with Crippen LogP contribution in [0.1, 0.15) is 22.5 Å². The third kappa shape index (κ3) is 3.32. The van der Waals surface area contributed by atoms with Crippen LogP contribution in [0.15, 0.2) is 0 Å². The van der Waals surface area contributed by atoms with Crippen LogP contribution in [0.4, 0.5) is 0 Å². The van der Waals surface area contributed by atoms with Crippen molar-refractivity contribution in [1.82, 2.24) is 4.98 Å². The zero-order valence-corrected chi connectivity index (χ0v) is 11.4. The summed E-state index contributed by atoms with van der Waals surface area (Å²) < 4.78 is 0. The Balaban J connectivity index is 0. The largest absolute Gasteiger partial charge is 0.358 e. The molecule has 0 aromatic carbocycles. The molecular formula is C10H15NY-2. The van der Waals surface area contributed by atoms with Crippen molar-refractivity contribution in [2.45, 2.75) is 27.7 Å². The minimum Gasteiger partial charge on any atom is -0.358 e. The van der Waals surface area contributed by atoms with Gasteiger partial charge in [0.2, 0.25) is 0 Å². The number of pyridine rings is 1. The van der Waals surface area contributed by atoms with Crippen LogP contribution in [0.2, 0.25) is 0 Å². The fourth-order valence-electron chi connectivity index (χ4n) is 1.000. The number of aromatic nitrogens is 1. The predicted molar refractivity (Wildman–Crippen MR) is 48.4 cm³/mol. The number of aryl methyl sites for hydroxylation is 3. The second-order valence-corrected chi connectivity index (χ2v) is 2.66. The van der Waals surface area contributed by atoms with E-state index < -0.39 is 0 Å². The second-order valence-electron chi connectivity index (χ2n) is 2.66. The second kappa shape index (κ2) is 5.82. The van der Waals surface area contributed by atoms with Gasteiger partial charge >= 0.3 is 0 Å². The maximum Gasteiger partial charge on any atom is 0 e. The molecular weight excluding hydrogens is 223 g/mol. The molecule has 0 N–H and O–H groups in total. The number of hydrogen-bond donors (Lipinski definition) is 0. The minimum atomic E-state index is 0. The van der Waals surface area contributed by atoms with Gasteiger partial charge < -0.3 is 7.43 Å². The van der Waals surface area contributed by atoms with E-state index in [0.717, 1.165) is 11.4 Å². The smallest absolute Gasteiger partial charge is 0 e. The molecule has 0 atom stereocenters. The third-order valence-electron chi connectivity index (χ3n) is 1.81. The molecule has 0 aliphatic carbocycles. The molecule has 65 valence electrons. The molecule has 0 saturated carbocycles. The van der Waals surface area contributed by atoms with Crippen molar-refractivity contribution in [3.63, 3.8) is 0 Å². The molecule has 1 rings (SSSR count). The van der Waals surface area contributed by atoms with Crippen molar-refractivity contribution in [1.29, 1.82) is 0 Å². The quantitative estimate of drug-likeness (QED) is 0.633. The Morgan fingerprint density at radius 2 is 1.58 bits per heavy atom. The van der Waals surface area contributed by atoms with Crippen molar-refractivity contribution < 1.29 is 32.7 Å². The monoisotopic (exact) mass is 238 g/mol. The standard InChI is InChI=1S/C9H12N.CH3.Y/c1-6-5-7(2)10-9(4)8(6)3;;/h1-4H3;1H3;/q2*-1;. The van der Waals surface area contributed by atoms with Crippen LogP contribution in [0.25, 0.3) is 0 Å². The molecule has 0 bridgehead atoms. The van der Waals surface area contributed by atoms with Crippen molar-refractivity contribution in [3.05, 3.63) is 36.0 Å². The Kier molecular flexibility index (Phi) is 7.16. The molecule has 0 spiro atoms. The van der Waals surface area contributed by atoms with E-state index in [1.807, 2.05) is 13.8 Å². The van der Waals surface area contributed by atoms with Crippen LogP contribution >= 0.6 is 0 Å². The van der Waals surface area contributed by atoms with Gasteiger partial charge in [-0.15, -0.1) is 6.92 Å². The Morgan fingerprint density at radius 1 is 1.08 bits per heavy atom. The molecule has 1 aromatic rings. The van der Waals surface area contributed by atoms with Gasteiger partial charge in [-0.25, -0.2) is 11.6 Å². The summed E-state index contributed by atoms with van der Waals surface area (Å²) in [5.41, 5.74) is 4.57. The van der Waals surface area contributed by atoms with Crippen molar-refractivity contribution in [2.75, 3.05) is 0 Å². The Labute approximate surface area is 101 Å². The summed E-state index contributed by atoms with van der Waals surface area (Å²) in [6, 6.07) is 3.17. The summed E-state index contributed by atoms with van der Waals surface area (Å²) in [5.74, 6) is 0. The van der Waals surface area contributed by atoms with Crippen molar-refractivity contribution in [2.24, 2.45) is 0 Å². The molecule has 1 heterocycles. The normalized spacial score (nSPS) is 8.33. The summed E-state index contributed by atoms with van der Waals surface area (Å²) in [6.07, 6.45) is 0. The number of hydrogen-bond acceptors (Lipinski definition) is 1. The van der Waals surface area contributed by atoms with Gasteiger partial charge in [0, 0.05) is 32.7 Å². The Bertz CT molecular complexity index is 233. The van der Waals surface area contributed by atoms with Crippen LogP contribution in [0.5, 0.6) is 0 Å². The topological polar surface area (TPSA) is 12.9 Å². The molecule has 12 heavy (non-hydrogen) atoms. The van der Waals surface area contributed by atoms with Gasteiger partial charge in [0.25, 0.3) is 0 Å². The van der Waals surface area contributed by atoms with Gasteiger partial charge in [-0.2, -0.15) is 5.56 Å². The first-order valence-corrected chi connectivity index (χ1v) is 3.45. The fourth-order valence-corrected chi connectivity index (χ4v) is 1.000. The molecule has 0 fully saturated rings. The van der Waals surface area contributed by atoms with Gasteiger partial charge in [0.1, 0.15) is 0 Å². The molecule has 1 aromatic heterocycles. The molecule has 1 nitrogen and oxygen atoms in total. The first kappa shape index (κ1) is 14.8. The van der Waals surface area contributed by atoms with E-state index in [1.165, 1.54) is 11.1 Å². The average Bonchev–Trinajstić information content (AvgIpc) is 1.82. The van der Waals surface area contributed by atoms with Crippen LogP contribution in [-0.2, 0) is 32.7 Å². The molecule has 0 saturated heterocycles. The van der Waals surface area contributed by atoms with Gasteiger partial charge in [0.05, 0.1) is 0 Å². The Morgan fingerprint density at radius 3 is 2.00 bits per heavy atom. The number of rotatable bonds is 0. The molecule has 0 amide bonds. The van der Waals surface area contributed by atoms with Crippen LogP contribution in [0, 0.1) is 41.2 Å². The van der Waals surface area contributed by atoms with E-state index >= 15 is 0 Å². The summed E-state index contributed by atoms with van der Waals surface area (Å²) >= 11 is 0. The molecule has 0 aliphatic rings. The maximum atomic E-state index is 4.28. The summed E-state index contributed by atoms with van der Waals surface area (Å²) in [6.45, 7) is 8.15. The van der Waals surface area contributed by atoms with Gasteiger partial charge in [-0.05, 0) is 19.5 Å². The predicted octanol–water partition coefficient (Wildman–Crippen LogP) is 2.56. The molecule has 0 unspecified atom stereocenters. The van der Waals surface area contributed by atoms with Crippen molar-refractivity contribution in [3.8, 4) is 0 Å². The zero-order chi connectivity index (χ0) is 7.72. The van der Waals surface area contributed by atoms with Crippen LogP contribution in [0.3, 0.4) is 0 Å². The number of nitrogens with zero attached hydrogens (tertiary/aromatic N) is 1. The summed E-state index contributed by atoms with van der Waals surface area (Å²) in [5, 5.41) is 0. The van der Waals surface area contributed by atoms with Gasteiger partial charge in [-0.3, -0.25) is 4.98 Å². The molecule has 1 radical (unpaired) electrons. The average molecular weight is 238 g/mol. The molecule has 0 aliphatic heterocycles. The van der Waals surface area contributed by atoms with E-state index in [2.05, 4.69) is 24.9 Å². The van der Waals surface area contributed by atoms with E-state index in [0.29, 0.717) is 0 Å². The van der Waals surface area contributed by atoms with Crippen LogP contribution in [-0.4, -0.2) is 4.98 Å². The van der Waals surface area contributed by atoms with Gasteiger partial charge in [-0.1, -0.05) is 12.6 Å². The molecule has 2 heteroatoms. The van der Waals surface area contributed by atoms with Crippen molar-refractivity contribution >= 4 is 0 Å². The Hall–Kier alpha value is 0.254. The van der Waals surface area contributed by atoms with E-state index in [1.54, 1.807) is 0 Å². The minimum absolute atomic E-state index is 0. The summed E-state index contributed by atoms with van der Waals surface area (Å²) in [4.78, 5) is 4.28. The first-order chi connectivity index (χ1) is 4.61. The SMILES string of the molecule is Cc1[c-]c(C)c(C)c(C)n1.[CH3-].[Y]. The third-order valence-corrected chi connectivity index (χ3v) is 1.81. The summed E-state index contributed by atoms with van der Waals surface area (Å²) in [7, 11) is 0. The first-order valence-electron chi connectivity index (χ1n) is 3.45. The fraction of sp³-hybridized carbons (Fsp3) is 0.400. The van der Waals surface area contributed by atoms with E-state index in [-0.39, 0.29) is 40.1 Å². The van der Waals surface area contributed by atoms with Gasteiger partial charge in [0.15, 0.2) is 0 Å². The van der Waals surface area contributed by atoms with E-state index in [9.17, 15) is 0 Å². The van der Waals surface area contributed by atoms with E-state index in [4.69, 9.17) is 0 Å². The zero-order valence-electron chi connectivity index (χ0n) is 8.52. The van der Waals surface area contributed by atoms with Crippen LogP contribution < -0.4 is 0 Å². The maximum absolute atomic E-state index is 4.28.